The van der Waals surface area contributed by atoms with Gasteiger partial charge < -0.3 is 4.74 Å². The lowest BCUT2D eigenvalue weighted by molar-refractivity contribution is -0.119. The number of amides is 1. The van der Waals surface area contributed by atoms with E-state index in [0.717, 1.165) is 12.8 Å². The zero-order valence-corrected chi connectivity index (χ0v) is 9.91. The minimum Gasteiger partial charge on any atom is -0.463 e. The van der Waals surface area contributed by atoms with E-state index in [4.69, 9.17) is 4.74 Å². The fraction of sp³-hybridized carbons (Fsp3) is 0.700. The van der Waals surface area contributed by atoms with Gasteiger partial charge in [0.05, 0.1) is 6.61 Å². The zero-order valence-electron chi connectivity index (χ0n) is 9.91. The minimum atomic E-state index is -0.0546. The molecule has 6 heteroatoms. The number of aromatic amines is 1. The minimum absolute atomic E-state index is 0.0226. The summed E-state index contributed by atoms with van der Waals surface area (Å²) >= 11 is 0. The molecule has 1 unspecified atom stereocenters. The van der Waals surface area contributed by atoms with Crippen molar-refractivity contribution in [2.24, 2.45) is 5.92 Å². The van der Waals surface area contributed by atoms with E-state index in [-0.39, 0.29) is 17.8 Å². The number of anilines is 1. The molecular weight excluding hydrogens is 208 g/mol. The van der Waals surface area contributed by atoms with Gasteiger partial charge in [0.25, 0.3) is 0 Å². The number of carbonyl (C=O) groups is 1. The molecule has 1 aromatic rings. The van der Waals surface area contributed by atoms with Crippen molar-refractivity contribution in [2.45, 2.75) is 33.6 Å². The molecule has 0 spiro atoms. The van der Waals surface area contributed by atoms with E-state index in [1.54, 1.807) is 0 Å². The van der Waals surface area contributed by atoms with E-state index in [1.807, 2.05) is 20.8 Å². The van der Waals surface area contributed by atoms with Crippen molar-refractivity contribution in [1.29, 1.82) is 0 Å². The average molecular weight is 226 g/mol. The van der Waals surface area contributed by atoms with Gasteiger partial charge in [0.1, 0.15) is 0 Å². The van der Waals surface area contributed by atoms with Crippen LogP contribution in [0, 0.1) is 5.92 Å². The van der Waals surface area contributed by atoms with Crippen molar-refractivity contribution in [3.63, 3.8) is 0 Å². The summed E-state index contributed by atoms with van der Waals surface area (Å²) in [5.74, 6) is 0.253. The molecule has 6 nitrogen and oxygen atoms in total. The Bertz CT molecular complexity index is 337. The Balaban J connectivity index is 2.49. The molecule has 2 N–H and O–H groups in total. The lowest BCUT2D eigenvalue weighted by Crippen LogP contribution is -2.20. The van der Waals surface area contributed by atoms with Gasteiger partial charge >= 0.3 is 6.01 Å². The molecule has 1 heterocycles. The predicted octanol–water partition coefficient (Wildman–Crippen LogP) is 1.58. The normalized spacial score (nSPS) is 12.2. The van der Waals surface area contributed by atoms with Gasteiger partial charge in [-0.1, -0.05) is 20.3 Å². The summed E-state index contributed by atoms with van der Waals surface area (Å²) in [4.78, 5) is 15.6. The lowest BCUT2D eigenvalue weighted by atomic mass is 10.1. The van der Waals surface area contributed by atoms with Crippen molar-refractivity contribution in [3.05, 3.63) is 0 Å². The first-order valence-electron chi connectivity index (χ1n) is 5.53. The first-order valence-corrected chi connectivity index (χ1v) is 5.53. The molecule has 1 atom stereocenters. The molecule has 0 aliphatic rings. The van der Waals surface area contributed by atoms with Crippen molar-refractivity contribution in [1.82, 2.24) is 15.2 Å². The first kappa shape index (κ1) is 12.5. The molecule has 0 fully saturated rings. The zero-order chi connectivity index (χ0) is 12.0. The summed E-state index contributed by atoms with van der Waals surface area (Å²) in [6.07, 6.45) is 1.84. The third-order valence-electron chi connectivity index (χ3n) is 2.15. The number of carbonyl (C=O) groups excluding carboxylic acids is 1. The number of ether oxygens (including phenoxy) is 1. The highest BCUT2D eigenvalue weighted by molar-refractivity contribution is 5.90. The highest BCUT2D eigenvalue weighted by atomic mass is 16.5. The molecule has 0 saturated carbocycles. The summed E-state index contributed by atoms with van der Waals surface area (Å²) in [5, 5.41) is 9.05. The van der Waals surface area contributed by atoms with Crippen LogP contribution in [-0.2, 0) is 4.79 Å². The fourth-order valence-electron chi connectivity index (χ4n) is 1.30. The second-order valence-corrected chi connectivity index (χ2v) is 3.58. The van der Waals surface area contributed by atoms with Gasteiger partial charge in [0.2, 0.25) is 11.9 Å². The molecule has 0 aliphatic carbocycles. The molecule has 90 valence electrons. The number of rotatable bonds is 6. The maximum atomic E-state index is 11.6. The molecule has 16 heavy (non-hydrogen) atoms. The van der Waals surface area contributed by atoms with E-state index in [0.29, 0.717) is 12.6 Å². The second-order valence-electron chi connectivity index (χ2n) is 3.58. The summed E-state index contributed by atoms with van der Waals surface area (Å²) in [6.45, 7) is 6.28. The Morgan fingerprint density at radius 3 is 2.94 bits per heavy atom. The van der Waals surface area contributed by atoms with E-state index < -0.39 is 0 Å². The van der Waals surface area contributed by atoms with Gasteiger partial charge in [-0.2, -0.15) is 4.98 Å². The largest absolute Gasteiger partial charge is 0.463 e. The number of H-pyrrole nitrogens is 1. The second kappa shape index (κ2) is 6.09. The maximum absolute atomic E-state index is 11.6. The molecule has 1 aromatic heterocycles. The van der Waals surface area contributed by atoms with Crippen LogP contribution in [-0.4, -0.2) is 27.7 Å². The SMILES string of the molecule is CCCC(C)C(=O)Nc1nc(OCC)n[nH]1. The van der Waals surface area contributed by atoms with Crippen molar-refractivity contribution in [2.75, 3.05) is 11.9 Å². The molecule has 0 saturated heterocycles. The van der Waals surface area contributed by atoms with Gasteiger partial charge in [-0.15, -0.1) is 5.10 Å². The molecule has 0 bridgehead atoms. The standard InChI is InChI=1S/C10H18N4O2/c1-4-6-7(3)8(15)11-9-12-10(14-13-9)16-5-2/h7H,4-6H2,1-3H3,(H2,11,12,13,14,15). The molecular formula is C10H18N4O2. The Morgan fingerprint density at radius 2 is 2.31 bits per heavy atom. The molecule has 1 rings (SSSR count). The van der Waals surface area contributed by atoms with Gasteiger partial charge in [-0.25, -0.2) is 5.10 Å². The quantitative estimate of drug-likeness (QED) is 0.771. The average Bonchev–Trinajstić information content (AvgIpc) is 2.66. The summed E-state index contributed by atoms with van der Waals surface area (Å²) in [7, 11) is 0. The Morgan fingerprint density at radius 1 is 1.56 bits per heavy atom. The van der Waals surface area contributed by atoms with E-state index in [9.17, 15) is 4.79 Å². The van der Waals surface area contributed by atoms with Crippen LogP contribution in [0.15, 0.2) is 0 Å². The molecule has 0 radical (unpaired) electrons. The fourth-order valence-corrected chi connectivity index (χ4v) is 1.30. The molecule has 0 aliphatic heterocycles. The molecule has 1 amide bonds. The number of hydrogen-bond donors (Lipinski definition) is 2. The van der Waals surface area contributed by atoms with Crippen LogP contribution in [0.5, 0.6) is 6.01 Å². The van der Waals surface area contributed by atoms with Gasteiger partial charge in [-0.3, -0.25) is 10.1 Å². The van der Waals surface area contributed by atoms with Crippen LogP contribution < -0.4 is 10.1 Å². The number of aromatic nitrogens is 3. The topological polar surface area (TPSA) is 79.9 Å². The first-order chi connectivity index (χ1) is 7.67. The number of nitrogens with zero attached hydrogens (tertiary/aromatic N) is 2. The van der Waals surface area contributed by atoms with Crippen LogP contribution in [0.2, 0.25) is 0 Å². The van der Waals surface area contributed by atoms with Crippen molar-refractivity contribution < 1.29 is 9.53 Å². The summed E-state index contributed by atoms with van der Waals surface area (Å²) < 4.78 is 5.07. The highest BCUT2D eigenvalue weighted by Crippen LogP contribution is 2.10. The van der Waals surface area contributed by atoms with E-state index >= 15 is 0 Å². The van der Waals surface area contributed by atoms with Gasteiger partial charge in [0.15, 0.2) is 0 Å². The third kappa shape index (κ3) is 3.52. The summed E-state index contributed by atoms with van der Waals surface area (Å²) in [6, 6.07) is 0.251. The van der Waals surface area contributed by atoms with Gasteiger partial charge in [-0.05, 0) is 13.3 Å². The highest BCUT2D eigenvalue weighted by Gasteiger charge is 2.13. The number of hydrogen-bond acceptors (Lipinski definition) is 4. The monoisotopic (exact) mass is 226 g/mol. The van der Waals surface area contributed by atoms with E-state index in [2.05, 4.69) is 20.5 Å². The van der Waals surface area contributed by atoms with Gasteiger partial charge in [0, 0.05) is 5.92 Å². The van der Waals surface area contributed by atoms with Crippen LogP contribution >= 0.6 is 0 Å². The Kier molecular flexibility index (Phi) is 4.75. The Hall–Kier alpha value is -1.59. The smallest absolute Gasteiger partial charge is 0.337 e. The third-order valence-corrected chi connectivity index (χ3v) is 2.15. The van der Waals surface area contributed by atoms with Crippen molar-refractivity contribution in [3.8, 4) is 6.01 Å². The van der Waals surface area contributed by atoms with Crippen LogP contribution in [0.4, 0.5) is 5.95 Å². The number of nitrogens with one attached hydrogen (secondary N) is 2. The lowest BCUT2D eigenvalue weighted by Gasteiger charge is -2.08. The van der Waals surface area contributed by atoms with Crippen molar-refractivity contribution >= 4 is 11.9 Å². The van der Waals surface area contributed by atoms with Crippen LogP contribution in [0.1, 0.15) is 33.6 Å². The summed E-state index contributed by atoms with van der Waals surface area (Å²) in [5.41, 5.74) is 0. The Labute approximate surface area is 94.8 Å². The molecule has 0 aromatic carbocycles. The maximum Gasteiger partial charge on any atom is 0.337 e. The van der Waals surface area contributed by atoms with Crippen LogP contribution in [0.3, 0.4) is 0 Å². The van der Waals surface area contributed by atoms with E-state index in [1.165, 1.54) is 0 Å². The van der Waals surface area contributed by atoms with Crippen LogP contribution in [0.25, 0.3) is 0 Å². The predicted molar refractivity (Wildman–Crippen MR) is 60.3 cm³/mol.